The third kappa shape index (κ3) is 4.19. The lowest BCUT2D eigenvalue weighted by Gasteiger charge is -2.36. The Morgan fingerprint density at radius 2 is 1.85 bits per heavy atom. The third-order valence-electron chi connectivity index (χ3n) is 2.85. The zero-order chi connectivity index (χ0) is 9.73. The Labute approximate surface area is 87.6 Å². The van der Waals surface area contributed by atoms with E-state index in [0.717, 1.165) is 12.3 Å². The largest absolute Gasteiger partial charge is 0.300 e. The molecule has 0 aliphatic carbocycles. The van der Waals surface area contributed by atoms with Crippen molar-refractivity contribution in [2.24, 2.45) is 5.41 Å². The zero-order valence-electron chi connectivity index (χ0n) is 8.79. The van der Waals surface area contributed by atoms with Crippen LogP contribution in [0.25, 0.3) is 0 Å². The predicted molar refractivity (Wildman–Crippen MR) is 62.4 cm³/mol. The fourth-order valence-corrected chi connectivity index (χ4v) is 1.79. The molecule has 1 aliphatic rings. The molecule has 0 aromatic carbocycles. The van der Waals surface area contributed by atoms with Gasteiger partial charge in [-0.15, -0.1) is 0 Å². The minimum Gasteiger partial charge on any atom is -0.300 e. The Bertz CT molecular complexity index is 165. The first-order valence-electron chi connectivity index (χ1n) is 5.12. The predicted octanol–water partition coefficient (Wildman–Crippen LogP) is 2.59. The summed E-state index contributed by atoms with van der Waals surface area (Å²) in [6.45, 7) is 8.35. The van der Waals surface area contributed by atoms with Gasteiger partial charge in [-0.1, -0.05) is 26.0 Å². The second-order valence-corrected chi connectivity index (χ2v) is 4.98. The van der Waals surface area contributed by atoms with Crippen LogP contribution in [0.1, 0.15) is 26.7 Å². The van der Waals surface area contributed by atoms with Gasteiger partial charge in [-0.3, -0.25) is 4.90 Å². The molecule has 0 saturated carbocycles. The summed E-state index contributed by atoms with van der Waals surface area (Å²) in [5.74, 6) is 0.860. The molecule has 1 heterocycles. The lowest BCUT2D eigenvalue weighted by Crippen LogP contribution is -2.37. The van der Waals surface area contributed by atoms with E-state index in [0.29, 0.717) is 5.41 Å². The molecule has 0 atom stereocenters. The Morgan fingerprint density at radius 1 is 1.23 bits per heavy atom. The summed E-state index contributed by atoms with van der Waals surface area (Å²) in [5.41, 5.74) is 0.573. The van der Waals surface area contributed by atoms with Crippen molar-refractivity contribution in [3.8, 4) is 0 Å². The summed E-state index contributed by atoms with van der Waals surface area (Å²) in [4.78, 5) is 2.52. The Balaban J connectivity index is 2.21. The molecule has 1 rings (SSSR count). The highest BCUT2D eigenvalue weighted by Crippen LogP contribution is 2.29. The van der Waals surface area contributed by atoms with Crippen LogP contribution in [0, 0.1) is 5.41 Å². The van der Waals surface area contributed by atoms with Crippen LogP contribution in [0.3, 0.4) is 0 Å². The number of hydrogen-bond donors (Lipinski definition) is 1. The van der Waals surface area contributed by atoms with Crippen molar-refractivity contribution in [3.63, 3.8) is 0 Å². The molecule has 1 saturated heterocycles. The van der Waals surface area contributed by atoms with Gasteiger partial charge >= 0.3 is 0 Å². The van der Waals surface area contributed by atoms with Gasteiger partial charge in [0, 0.05) is 12.3 Å². The molecule has 2 heteroatoms. The third-order valence-corrected chi connectivity index (χ3v) is 3.06. The van der Waals surface area contributed by atoms with Gasteiger partial charge in [0.1, 0.15) is 0 Å². The molecule has 0 aromatic rings. The molecular formula is C11H21NS. The maximum absolute atomic E-state index is 4.14. The van der Waals surface area contributed by atoms with Crippen LogP contribution in [0.5, 0.6) is 0 Å². The summed E-state index contributed by atoms with van der Waals surface area (Å²) >= 11 is 4.14. The molecule has 0 radical (unpaired) electrons. The molecule has 0 spiro atoms. The number of rotatable bonds is 3. The van der Waals surface area contributed by atoms with E-state index in [1.54, 1.807) is 0 Å². The van der Waals surface area contributed by atoms with E-state index in [4.69, 9.17) is 0 Å². The standard InChI is InChI=1S/C11H21NS/c1-11(2)5-8-12(9-6-11)7-3-4-10-13/h3-4,13H,5-10H2,1-2H3. The number of hydrogen-bond acceptors (Lipinski definition) is 2. The summed E-state index contributed by atoms with van der Waals surface area (Å²) in [7, 11) is 0. The highest BCUT2D eigenvalue weighted by molar-refractivity contribution is 7.80. The van der Waals surface area contributed by atoms with Crippen molar-refractivity contribution >= 4 is 12.6 Å². The molecule has 0 unspecified atom stereocenters. The Morgan fingerprint density at radius 3 is 2.38 bits per heavy atom. The Kier molecular flexibility index (Phi) is 4.33. The maximum Gasteiger partial charge on any atom is 0.0163 e. The fraction of sp³-hybridized carbons (Fsp3) is 0.818. The number of thiol groups is 1. The molecule has 13 heavy (non-hydrogen) atoms. The second kappa shape index (κ2) is 5.06. The van der Waals surface area contributed by atoms with Crippen molar-refractivity contribution in [1.29, 1.82) is 0 Å². The van der Waals surface area contributed by atoms with E-state index in [-0.39, 0.29) is 0 Å². The fourth-order valence-electron chi connectivity index (χ4n) is 1.64. The molecule has 76 valence electrons. The van der Waals surface area contributed by atoms with E-state index in [9.17, 15) is 0 Å². The summed E-state index contributed by atoms with van der Waals surface area (Å²) in [5, 5.41) is 0. The van der Waals surface area contributed by atoms with Gasteiger partial charge in [0.05, 0.1) is 0 Å². The van der Waals surface area contributed by atoms with Crippen LogP contribution in [0.15, 0.2) is 12.2 Å². The molecule has 1 fully saturated rings. The number of piperidine rings is 1. The monoisotopic (exact) mass is 199 g/mol. The molecule has 1 nitrogen and oxygen atoms in total. The van der Waals surface area contributed by atoms with Crippen LogP contribution < -0.4 is 0 Å². The van der Waals surface area contributed by atoms with Crippen molar-refractivity contribution < 1.29 is 0 Å². The van der Waals surface area contributed by atoms with E-state index >= 15 is 0 Å². The van der Waals surface area contributed by atoms with Gasteiger partial charge in [0.2, 0.25) is 0 Å². The van der Waals surface area contributed by atoms with E-state index in [1.807, 2.05) is 0 Å². The minimum absolute atomic E-state index is 0.573. The van der Waals surface area contributed by atoms with E-state index in [1.165, 1.54) is 25.9 Å². The molecule has 0 amide bonds. The van der Waals surface area contributed by atoms with Crippen LogP contribution in [-0.2, 0) is 0 Å². The number of nitrogens with zero attached hydrogens (tertiary/aromatic N) is 1. The van der Waals surface area contributed by atoms with Crippen molar-refractivity contribution in [2.75, 3.05) is 25.4 Å². The van der Waals surface area contributed by atoms with E-state index < -0.39 is 0 Å². The first-order chi connectivity index (χ1) is 6.14. The normalized spacial score (nSPS) is 23.9. The second-order valence-electron chi connectivity index (χ2n) is 4.62. The van der Waals surface area contributed by atoms with Gasteiger partial charge in [-0.05, 0) is 31.3 Å². The van der Waals surface area contributed by atoms with Gasteiger partial charge in [0.15, 0.2) is 0 Å². The summed E-state index contributed by atoms with van der Waals surface area (Å²) < 4.78 is 0. The van der Waals surface area contributed by atoms with Crippen molar-refractivity contribution in [3.05, 3.63) is 12.2 Å². The van der Waals surface area contributed by atoms with Crippen molar-refractivity contribution in [2.45, 2.75) is 26.7 Å². The zero-order valence-corrected chi connectivity index (χ0v) is 9.69. The van der Waals surface area contributed by atoms with Crippen molar-refractivity contribution in [1.82, 2.24) is 4.90 Å². The first-order valence-corrected chi connectivity index (χ1v) is 5.75. The van der Waals surface area contributed by atoms with Crippen LogP contribution in [0.4, 0.5) is 0 Å². The van der Waals surface area contributed by atoms with Gasteiger partial charge in [-0.25, -0.2) is 0 Å². The van der Waals surface area contributed by atoms with Gasteiger partial charge in [0.25, 0.3) is 0 Å². The SMILES string of the molecule is CC1(C)CCN(CC=CCS)CC1. The van der Waals surface area contributed by atoms with Crippen LogP contribution in [-0.4, -0.2) is 30.3 Å². The maximum atomic E-state index is 4.14. The van der Waals surface area contributed by atoms with Gasteiger partial charge in [-0.2, -0.15) is 12.6 Å². The molecule has 0 bridgehead atoms. The van der Waals surface area contributed by atoms with E-state index in [2.05, 4.69) is 43.5 Å². The Hall–Kier alpha value is 0.0500. The van der Waals surface area contributed by atoms with Crippen LogP contribution >= 0.6 is 12.6 Å². The summed E-state index contributed by atoms with van der Waals surface area (Å²) in [6, 6.07) is 0. The lowest BCUT2D eigenvalue weighted by atomic mass is 9.83. The average molecular weight is 199 g/mol. The molecule has 1 aliphatic heterocycles. The highest BCUT2D eigenvalue weighted by Gasteiger charge is 2.24. The topological polar surface area (TPSA) is 3.24 Å². The summed E-state index contributed by atoms with van der Waals surface area (Å²) in [6.07, 6.45) is 7.03. The first kappa shape index (κ1) is 11.1. The quantitative estimate of drug-likeness (QED) is 0.540. The van der Waals surface area contributed by atoms with Gasteiger partial charge < -0.3 is 0 Å². The number of likely N-dealkylation sites (tertiary alicyclic amines) is 1. The molecule has 0 aromatic heterocycles. The smallest absolute Gasteiger partial charge is 0.0163 e. The highest BCUT2D eigenvalue weighted by atomic mass is 32.1. The average Bonchev–Trinajstić information content (AvgIpc) is 2.08. The molecular weight excluding hydrogens is 178 g/mol. The minimum atomic E-state index is 0.573. The lowest BCUT2D eigenvalue weighted by molar-refractivity contribution is 0.144. The van der Waals surface area contributed by atoms with Crippen LogP contribution in [0.2, 0.25) is 0 Å². The molecule has 0 N–H and O–H groups in total.